The fourth-order valence-electron chi connectivity index (χ4n) is 3.24. The fraction of sp³-hybridized carbons (Fsp3) is 0.455. The van der Waals surface area contributed by atoms with Crippen LogP contribution in [0.2, 0.25) is 0 Å². The van der Waals surface area contributed by atoms with E-state index in [-0.39, 0.29) is 12.2 Å². The number of aliphatic carboxylic acids is 1. The summed E-state index contributed by atoms with van der Waals surface area (Å²) in [5, 5.41) is 9.80. The first kappa shape index (κ1) is 20.0. The maximum absolute atomic E-state index is 12.8. The van der Waals surface area contributed by atoms with Crippen LogP contribution in [0.1, 0.15) is 63.2 Å². The third kappa shape index (κ3) is 5.58. The highest BCUT2D eigenvalue weighted by Crippen LogP contribution is 2.25. The molecule has 26 heavy (non-hydrogen) atoms. The summed E-state index contributed by atoms with van der Waals surface area (Å²) >= 11 is 0. The van der Waals surface area contributed by atoms with Crippen molar-refractivity contribution in [2.75, 3.05) is 0 Å². The van der Waals surface area contributed by atoms with Gasteiger partial charge in [-0.1, -0.05) is 36.8 Å². The van der Waals surface area contributed by atoms with Crippen molar-refractivity contribution in [3.8, 4) is 0 Å². The first-order chi connectivity index (χ1) is 12.4. The van der Waals surface area contributed by atoms with Crippen molar-refractivity contribution < 1.29 is 14.7 Å². The molecule has 2 rings (SSSR count). The number of hydrogen-bond acceptors (Lipinski definition) is 2. The van der Waals surface area contributed by atoms with E-state index in [9.17, 15) is 9.59 Å². The van der Waals surface area contributed by atoms with Gasteiger partial charge in [0.2, 0.25) is 0 Å². The molecule has 0 radical (unpaired) electrons. The summed E-state index contributed by atoms with van der Waals surface area (Å²) < 4.78 is 2.01. The van der Waals surface area contributed by atoms with E-state index in [1.807, 2.05) is 35.0 Å². The van der Waals surface area contributed by atoms with E-state index < -0.39 is 5.97 Å². The van der Waals surface area contributed by atoms with Crippen LogP contribution in [0.15, 0.2) is 42.1 Å². The summed E-state index contributed by atoms with van der Waals surface area (Å²) in [6.07, 6.45) is 7.37. The van der Waals surface area contributed by atoms with Crippen LogP contribution >= 0.6 is 0 Å². The molecule has 4 heteroatoms. The van der Waals surface area contributed by atoms with Crippen molar-refractivity contribution in [2.24, 2.45) is 5.92 Å². The van der Waals surface area contributed by atoms with Gasteiger partial charge in [0.25, 0.3) is 0 Å². The molecule has 0 saturated heterocycles. The first-order valence-corrected chi connectivity index (χ1v) is 9.34. The second kappa shape index (κ2) is 9.37. The summed E-state index contributed by atoms with van der Waals surface area (Å²) in [6, 6.07) is 7.86. The number of para-hydroxylation sites is 1. The van der Waals surface area contributed by atoms with Gasteiger partial charge in [0.15, 0.2) is 5.78 Å². The zero-order valence-corrected chi connectivity index (χ0v) is 16.0. The number of Topliss-reactive ketones (excluding diaryl/α,β-unsaturated/α-hetero) is 1. The molecule has 0 fully saturated rings. The van der Waals surface area contributed by atoms with Gasteiger partial charge in [0.1, 0.15) is 0 Å². The van der Waals surface area contributed by atoms with Crippen LogP contribution in [0, 0.1) is 5.92 Å². The van der Waals surface area contributed by atoms with Crippen molar-refractivity contribution in [2.45, 2.75) is 59.4 Å². The highest BCUT2D eigenvalue weighted by Gasteiger charge is 2.17. The van der Waals surface area contributed by atoms with Gasteiger partial charge >= 0.3 is 5.97 Å². The Hall–Kier alpha value is -2.36. The number of aryl methyl sites for hydroxylation is 1. The second-order valence-corrected chi connectivity index (χ2v) is 7.34. The number of benzene rings is 1. The van der Waals surface area contributed by atoms with Gasteiger partial charge in [0, 0.05) is 42.0 Å². The van der Waals surface area contributed by atoms with Crippen LogP contribution in [0.5, 0.6) is 0 Å². The zero-order chi connectivity index (χ0) is 19.1. The Morgan fingerprint density at radius 2 is 1.96 bits per heavy atom. The molecular formula is C22H29NO3. The minimum atomic E-state index is -0.789. The van der Waals surface area contributed by atoms with Gasteiger partial charge in [-0.15, -0.1) is 0 Å². The van der Waals surface area contributed by atoms with Crippen molar-refractivity contribution >= 4 is 22.7 Å². The maximum Gasteiger partial charge on any atom is 0.303 e. The molecule has 1 atom stereocenters. The summed E-state index contributed by atoms with van der Waals surface area (Å²) in [5.41, 5.74) is 3.07. The molecule has 1 unspecified atom stereocenters. The Morgan fingerprint density at radius 1 is 1.23 bits per heavy atom. The summed E-state index contributed by atoms with van der Waals surface area (Å²) in [6.45, 7) is 6.92. The third-order valence-corrected chi connectivity index (χ3v) is 4.62. The molecule has 0 spiro atoms. The molecule has 1 N–H and O–H groups in total. The average molecular weight is 355 g/mol. The number of carboxylic acids is 1. The van der Waals surface area contributed by atoms with Crippen molar-refractivity contribution in [3.63, 3.8) is 0 Å². The van der Waals surface area contributed by atoms with E-state index in [0.717, 1.165) is 29.3 Å². The molecule has 0 saturated carbocycles. The number of nitrogens with zero attached hydrogens (tertiary/aromatic N) is 1. The SMILES string of the molecule is CC(C)=CCCC(C)CC(=O)c1cn(CCCC(=O)O)c2ccccc12. The van der Waals surface area contributed by atoms with Gasteiger partial charge in [0.05, 0.1) is 0 Å². The Balaban J connectivity index is 2.11. The number of rotatable bonds is 10. The number of carbonyl (C=O) groups is 2. The monoisotopic (exact) mass is 355 g/mol. The predicted molar refractivity (Wildman–Crippen MR) is 106 cm³/mol. The third-order valence-electron chi connectivity index (χ3n) is 4.62. The predicted octanol–water partition coefficient (Wildman–Crippen LogP) is 5.46. The lowest BCUT2D eigenvalue weighted by atomic mass is 9.95. The van der Waals surface area contributed by atoms with E-state index in [1.54, 1.807) is 0 Å². The van der Waals surface area contributed by atoms with Gasteiger partial charge < -0.3 is 9.67 Å². The van der Waals surface area contributed by atoms with Gasteiger partial charge in [-0.25, -0.2) is 0 Å². The Bertz CT molecular complexity index is 797. The normalized spacial score (nSPS) is 12.1. The molecule has 0 bridgehead atoms. The number of fused-ring (bicyclic) bond motifs is 1. The minimum Gasteiger partial charge on any atom is -0.481 e. The van der Waals surface area contributed by atoms with Crippen LogP contribution in [0.3, 0.4) is 0 Å². The Labute approximate surface area is 155 Å². The van der Waals surface area contributed by atoms with Crippen molar-refractivity contribution in [1.82, 2.24) is 4.57 Å². The summed E-state index contributed by atoms with van der Waals surface area (Å²) in [4.78, 5) is 23.6. The Kier molecular flexibility index (Phi) is 7.19. The van der Waals surface area contributed by atoms with E-state index in [4.69, 9.17) is 5.11 Å². The number of allylic oxidation sites excluding steroid dienone is 2. The number of carbonyl (C=O) groups excluding carboxylic acids is 1. The van der Waals surface area contributed by atoms with E-state index in [1.165, 1.54) is 5.57 Å². The van der Waals surface area contributed by atoms with E-state index >= 15 is 0 Å². The lowest BCUT2D eigenvalue weighted by Crippen LogP contribution is -2.06. The molecule has 140 valence electrons. The van der Waals surface area contributed by atoms with Gasteiger partial charge in [-0.05, 0) is 45.1 Å². The van der Waals surface area contributed by atoms with Gasteiger partial charge in [-0.3, -0.25) is 9.59 Å². The maximum atomic E-state index is 12.8. The summed E-state index contributed by atoms with van der Waals surface area (Å²) in [5.74, 6) is -0.280. The van der Waals surface area contributed by atoms with Crippen LogP contribution in [0.25, 0.3) is 10.9 Å². The average Bonchev–Trinajstić information content (AvgIpc) is 2.93. The molecular weight excluding hydrogens is 326 g/mol. The largest absolute Gasteiger partial charge is 0.481 e. The van der Waals surface area contributed by atoms with Crippen LogP contribution in [-0.4, -0.2) is 21.4 Å². The lowest BCUT2D eigenvalue weighted by Gasteiger charge is -2.08. The molecule has 4 nitrogen and oxygen atoms in total. The number of hydrogen-bond donors (Lipinski definition) is 1. The van der Waals surface area contributed by atoms with Crippen molar-refractivity contribution in [1.29, 1.82) is 0 Å². The molecule has 0 aliphatic heterocycles. The molecule has 0 amide bonds. The Morgan fingerprint density at radius 3 is 2.65 bits per heavy atom. The molecule has 1 heterocycles. The minimum absolute atomic E-state index is 0.136. The molecule has 0 aliphatic rings. The second-order valence-electron chi connectivity index (χ2n) is 7.34. The van der Waals surface area contributed by atoms with E-state index in [2.05, 4.69) is 26.8 Å². The first-order valence-electron chi connectivity index (χ1n) is 9.34. The zero-order valence-electron chi connectivity index (χ0n) is 16.0. The fourth-order valence-corrected chi connectivity index (χ4v) is 3.24. The molecule has 0 aliphatic carbocycles. The number of carboxylic acid groups (broad SMARTS) is 1. The van der Waals surface area contributed by atoms with Crippen LogP contribution < -0.4 is 0 Å². The van der Waals surface area contributed by atoms with Crippen LogP contribution in [-0.2, 0) is 11.3 Å². The smallest absolute Gasteiger partial charge is 0.303 e. The van der Waals surface area contributed by atoms with E-state index in [0.29, 0.717) is 25.3 Å². The van der Waals surface area contributed by atoms with Crippen molar-refractivity contribution in [3.05, 3.63) is 47.7 Å². The molecule has 1 aromatic carbocycles. The highest BCUT2D eigenvalue weighted by atomic mass is 16.4. The molecule has 2 aromatic rings. The van der Waals surface area contributed by atoms with Crippen LogP contribution in [0.4, 0.5) is 0 Å². The molecule has 1 aromatic heterocycles. The highest BCUT2D eigenvalue weighted by molar-refractivity contribution is 6.08. The summed E-state index contributed by atoms with van der Waals surface area (Å²) in [7, 11) is 0. The number of ketones is 1. The standard InChI is InChI=1S/C22H29NO3/c1-16(2)8-6-9-17(3)14-21(24)19-15-23(13-7-12-22(25)26)20-11-5-4-10-18(19)20/h4-5,8,10-11,15,17H,6-7,9,12-14H2,1-3H3,(H,25,26). The van der Waals surface area contributed by atoms with Gasteiger partial charge in [-0.2, -0.15) is 0 Å². The topological polar surface area (TPSA) is 59.3 Å². The number of aromatic nitrogens is 1. The quantitative estimate of drug-likeness (QED) is 0.455. The lowest BCUT2D eigenvalue weighted by molar-refractivity contribution is -0.137.